The molecule has 3 N–H and O–H groups in total. The molecule has 1 aromatic heterocycles. The van der Waals surface area contributed by atoms with Crippen molar-refractivity contribution >= 4 is 17.9 Å². The van der Waals surface area contributed by atoms with Gasteiger partial charge in [0.2, 0.25) is 5.95 Å². The topological polar surface area (TPSA) is 93.4 Å². The van der Waals surface area contributed by atoms with Crippen LogP contribution in [0.5, 0.6) is 0 Å². The number of nitrogens with one attached hydrogen (secondary N) is 1. The van der Waals surface area contributed by atoms with Crippen LogP contribution in [-0.2, 0) is 17.6 Å². The third-order valence-corrected chi connectivity index (χ3v) is 5.23. The highest BCUT2D eigenvalue weighted by Crippen LogP contribution is 2.30. The summed E-state index contributed by atoms with van der Waals surface area (Å²) in [6, 6.07) is 0.376. The Kier molecular flexibility index (Phi) is 5.60. The number of anilines is 2. The molecule has 2 aliphatic rings. The first-order valence-electron chi connectivity index (χ1n) is 9.29. The molecule has 3 rings (SSSR count). The number of nitrogens with zero attached hydrogens (tertiary/aromatic N) is 3. The molecule has 25 heavy (non-hydrogen) atoms. The maximum Gasteiger partial charge on any atom is 0.404 e. The molecule has 0 spiro atoms. The molecule has 0 aliphatic heterocycles. The van der Waals surface area contributed by atoms with Crippen LogP contribution in [0.2, 0.25) is 0 Å². The number of hydrogen-bond donors (Lipinski definition) is 2. The summed E-state index contributed by atoms with van der Waals surface area (Å²) in [6.07, 6.45) is 7.99. The summed E-state index contributed by atoms with van der Waals surface area (Å²) in [5.74, 6) is 2.21. The largest absolute Gasteiger partial charge is 0.449 e. The lowest BCUT2D eigenvalue weighted by molar-refractivity contribution is 0.123. The molecule has 1 aromatic rings. The van der Waals surface area contributed by atoms with Gasteiger partial charge in [-0.25, -0.2) is 9.78 Å². The average Bonchev–Trinajstić information content (AvgIpc) is 2.60. The number of rotatable bonds is 5. The average molecular weight is 347 g/mol. The lowest BCUT2D eigenvalue weighted by atomic mass is 9.86. The minimum Gasteiger partial charge on any atom is -0.449 e. The van der Waals surface area contributed by atoms with Gasteiger partial charge in [-0.1, -0.05) is 0 Å². The van der Waals surface area contributed by atoms with E-state index in [0.29, 0.717) is 18.6 Å². The molecule has 0 bridgehead atoms. The van der Waals surface area contributed by atoms with Crippen molar-refractivity contribution in [2.45, 2.75) is 57.4 Å². The van der Waals surface area contributed by atoms with Crippen LogP contribution >= 0.6 is 0 Å². The lowest BCUT2D eigenvalue weighted by Gasteiger charge is -2.29. The molecule has 0 atom stereocenters. The second kappa shape index (κ2) is 7.89. The van der Waals surface area contributed by atoms with Crippen LogP contribution in [0.15, 0.2) is 0 Å². The highest BCUT2D eigenvalue weighted by Gasteiger charge is 2.24. The van der Waals surface area contributed by atoms with Crippen molar-refractivity contribution in [1.82, 2.24) is 9.97 Å². The maximum absolute atomic E-state index is 10.7. The number of carbonyl (C=O) groups is 1. The first-order valence-corrected chi connectivity index (χ1v) is 9.29. The van der Waals surface area contributed by atoms with Crippen molar-refractivity contribution < 1.29 is 9.53 Å². The highest BCUT2D eigenvalue weighted by molar-refractivity contribution is 5.64. The Labute approximate surface area is 149 Å². The van der Waals surface area contributed by atoms with Gasteiger partial charge in [0, 0.05) is 25.7 Å². The summed E-state index contributed by atoms with van der Waals surface area (Å²) in [6.45, 7) is 0.433. The van der Waals surface area contributed by atoms with E-state index in [9.17, 15) is 4.79 Å². The number of primary amides is 1. The van der Waals surface area contributed by atoms with Crippen molar-refractivity contribution in [3.05, 3.63) is 11.3 Å². The van der Waals surface area contributed by atoms with Gasteiger partial charge in [0.15, 0.2) is 0 Å². The second-order valence-corrected chi connectivity index (χ2v) is 7.39. The van der Waals surface area contributed by atoms with Gasteiger partial charge < -0.3 is 20.7 Å². The summed E-state index contributed by atoms with van der Waals surface area (Å²) in [7, 11) is 4.09. The summed E-state index contributed by atoms with van der Waals surface area (Å²) in [5, 5.41) is 3.53. The molecule has 2 aliphatic carbocycles. The number of hydrogen-bond acceptors (Lipinski definition) is 6. The van der Waals surface area contributed by atoms with Crippen LogP contribution in [-0.4, -0.2) is 42.8 Å². The molecule has 0 radical (unpaired) electrons. The molecule has 1 fully saturated rings. The van der Waals surface area contributed by atoms with Gasteiger partial charge in [0.1, 0.15) is 5.82 Å². The van der Waals surface area contributed by atoms with E-state index in [-0.39, 0.29) is 0 Å². The van der Waals surface area contributed by atoms with E-state index < -0.39 is 6.09 Å². The molecule has 1 heterocycles. The van der Waals surface area contributed by atoms with Crippen molar-refractivity contribution in [3.8, 4) is 0 Å². The molecule has 7 nitrogen and oxygen atoms in total. The predicted octanol–water partition coefficient (Wildman–Crippen LogP) is 2.49. The molecular formula is C18H29N5O2. The second-order valence-electron chi connectivity index (χ2n) is 7.39. The van der Waals surface area contributed by atoms with Gasteiger partial charge in [0.25, 0.3) is 0 Å². The molecule has 138 valence electrons. The minimum atomic E-state index is -0.682. The van der Waals surface area contributed by atoms with E-state index in [1.54, 1.807) is 0 Å². The Bertz CT molecular complexity index is 612. The van der Waals surface area contributed by atoms with Crippen molar-refractivity contribution in [3.63, 3.8) is 0 Å². The first kappa shape index (κ1) is 17.8. The van der Waals surface area contributed by atoms with Gasteiger partial charge in [0.05, 0.1) is 12.3 Å². The van der Waals surface area contributed by atoms with Gasteiger partial charge in [-0.15, -0.1) is 0 Å². The Hall–Kier alpha value is -2.05. The van der Waals surface area contributed by atoms with Crippen molar-refractivity contribution in [2.24, 2.45) is 11.7 Å². The summed E-state index contributed by atoms with van der Waals surface area (Å²) >= 11 is 0. The zero-order chi connectivity index (χ0) is 17.8. The number of carbonyl (C=O) groups excluding carboxylic acids is 1. The maximum atomic E-state index is 10.7. The molecule has 1 amide bonds. The van der Waals surface area contributed by atoms with E-state index in [2.05, 4.69) is 10.2 Å². The van der Waals surface area contributed by atoms with Crippen molar-refractivity contribution in [1.29, 1.82) is 0 Å². The van der Waals surface area contributed by atoms with E-state index >= 15 is 0 Å². The van der Waals surface area contributed by atoms with Crippen LogP contribution in [0.4, 0.5) is 16.6 Å². The van der Waals surface area contributed by atoms with Crippen LogP contribution in [0.25, 0.3) is 0 Å². The molecule has 0 aromatic carbocycles. The zero-order valence-corrected chi connectivity index (χ0v) is 15.3. The van der Waals surface area contributed by atoms with E-state index in [0.717, 1.165) is 50.3 Å². The number of aryl methyl sites for hydroxylation is 1. The quantitative estimate of drug-likeness (QED) is 0.850. The van der Waals surface area contributed by atoms with E-state index in [4.69, 9.17) is 20.4 Å². The number of amides is 1. The fourth-order valence-corrected chi connectivity index (χ4v) is 3.86. The lowest BCUT2D eigenvalue weighted by Crippen LogP contribution is -2.30. The normalized spacial score (nSPS) is 22.8. The predicted molar refractivity (Wildman–Crippen MR) is 97.9 cm³/mol. The number of ether oxygens (including phenoxy) is 1. The van der Waals surface area contributed by atoms with Crippen molar-refractivity contribution in [2.75, 3.05) is 30.9 Å². The first-order chi connectivity index (χ1) is 12.0. The Morgan fingerprint density at radius 3 is 2.60 bits per heavy atom. The SMILES string of the molecule is CN(C)c1nc(N[C@H]2CC[C@@H](COC(N)=O)CC2)nc2c1CCCC2. The highest BCUT2D eigenvalue weighted by atomic mass is 16.5. The summed E-state index contributed by atoms with van der Waals surface area (Å²) < 4.78 is 4.93. The Morgan fingerprint density at radius 1 is 1.20 bits per heavy atom. The van der Waals surface area contributed by atoms with Crippen LogP contribution < -0.4 is 16.0 Å². The Balaban J connectivity index is 1.62. The smallest absolute Gasteiger partial charge is 0.404 e. The van der Waals surface area contributed by atoms with Gasteiger partial charge in [-0.2, -0.15) is 4.98 Å². The van der Waals surface area contributed by atoms with Gasteiger partial charge >= 0.3 is 6.09 Å². The monoisotopic (exact) mass is 347 g/mol. The van der Waals surface area contributed by atoms with Crippen LogP contribution in [0, 0.1) is 5.92 Å². The minimum absolute atomic E-state index is 0.376. The summed E-state index contributed by atoms with van der Waals surface area (Å²) in [5.41, 5.74) is 7.56. The zero-order valence-electron chi connectivity index (χ0n) is 15.3. The van der Waals surface area contributed by atoms with E-state index in [1.165, 1.54) is 24.1 Å². The number of aromatic nitrogens is 2. The standard InChI is InChI=1S/C18H29N5O2/c1-23(2)16-14-5-3-4-6-15(14)21-18(22-16)20-13-9-7-12(8-10-13)11-25-17(19)24/h12-13H,3-11H2,1-2H3,(H2,19,24)(H,20,21,22)/t12-,13+. The van der Waals surface area contributed by atoms with E-state index in [1.807, 2.05) is 14.1 Å². The Morgan fingerprint density at radius 2 is 1.92 bits per heavy atom. The molecule has 0 unspecified atom stereocenters. The fourth-order valence-electron chi connectivity index (χ4n) is 3.86. The summed E-state index contributed by atoms with van der Waals surface area (Å²) in [4.78, 5) is 22.4. The molecule has 7 heteroatoms. The van der Waals surface area contributed by atoms with Crippen LogP contribution in [0.1, 0.15) is 49.8 Å². The van der Waals surface area contributed by atoms with Crippen LogP contribution in [0.3, 0.4) is 0 Å². The van der Waals surface area contributed by atoms with Gasteiger partial charge in [-0.3, -0.25) is 0 Å². The number of nitrogens with two attached hydrogens (primary N) is 1. The third-order valence-electron chi connectivity index (χ3n) is 5.23. The van der Waals surface area contributed by atoms with Gasteiger partial charge in [-0.05, 0) is 57.3 Å². The molecule has 1 saturated carbocycles. The number of fused-ring (bicyclic) bond motifs is 1. The molecule has 0 saturated heterocycles. The fraction of sp³-hybridized carbons (Fsp3) is 0.722. The third kappa shape index (κ3) is 4.52. The molecular weight excluding hydrogens is 318 g/mol.